The maximum Gasteiger partial charge on any atom is 0.271 e. The first-order valence-electron chi connectivity index (χ1n) is 9.78. The van der Waals surface area contributed by atoms with Crippen molar-refractivity contribution in [2.75, 3.05) is 32.1 Å². The highest BCUT2D eigenvalue weighted by atomic mass is 79.9. The molecule has 3 rings (SSSR count). The second-order valence-corrected chi connectivity index (χ2v) is 7.96. The lowest BCUT2D eigenvalue weighted by Gasteiger charge is -2.22. The second-order valence-electron chi connectivity index (χ2n) is 6.82. The smallest absolute Gasteiger partial charge is 0.271 e. The molecule has 2 N–H and O–H groups in total. The van der Waals surface area contributed by atoms with Crippen molar-refractivity contribution in [1.29, 1.82) is 0 Å². The van der Waals surface area contributed by atoms with E-state index < -0.39 is 0 Å². The first-order chi connectivity index (χ1) is 14.1. The normalized spacial score (nSPS) is 16.6. The Morgan fingerprint density at radius 2 is 2.17 bits per heavy atom. The zero-order valence-electron chi connectivity index (χ0n) is 16.4. The number of carbonyl (C=O) groups is 1. The maximum atomic E-state index is 12.8. The summed E-state index contributed by atoms with van der Waals surface area (Å²) < 4.78 is 13.7. The lowest BCUT2D eigenvalue weighted by Crippen LogP contribution is -2.29. The van der Waals surface area contributed by atoms with E-state index in [1.165, 1.54) is 0 Å². The quantitative estimate of drug-likeness (QED) is 0.524. The van der Waals surface area contributed by atoms with Gasteiger partial charge in [0.15, 0.2) is 22.5 Å². The number of carbonyl (C=O) groups excluding carboxylic acids is 1. The van der Waals surface area contributed by atoms with E-state index in [0.29, 0.717) is 47.4 Å². The van der Waals surface area contributed by atoms with E-state index in [2.05, 4.69) is 31.5 Å². The minimum absolute atomic E-state index is 0.105. The van der Waals surface area contributed by atoms with Gasteiger partial charge < -0.3 is 24.7 Å². The molecule has 29 heavy (non-hydrogen) atoms. The fourth-order valence-corrected chi connectivity index (χ4v) is 3.77. The van der Waals surface area contributed by atoms with Crippen LogP contribution in [0.3, 0.4) is 0 Å². The Morgan fingerprint density at radius 3 is 2.86 bits per heavy atom. The average molecular weight is 486 g/mol. The molecule has 9 heteroatoms. The second kappa shape index (κ2) is 11.0. The monoisotopic (exact) mass is 484 g/mol. The summed E-state index contributed by atoms with van der Waals surface area (Å²) in [6, 6.07) is 7.52. The summed E-state index contributed by atoms with van der Waals surface area (Å²) >= 11 is 9.42. The van der Waals surface area contributed by atoms with E-state index >= 15 is 0 Å². The van der Waals surface area contributed by atoms with Crippen molar-refractivity contribution >= 4 is 39.3 Å². The Bertz CT molecular complexity index is 807. The summed E-state index contributed by atoms with van der Waals surface area (Å²) in [5.41, 5.74) is 1.50. The van der Waals surface area contributed by atoms with E-state index in [9.17, 15) is 4.79 Å². The Labute approximate surface area is 184 Å². The number of benzene rings is 1. The number of rotatable bonds is 9. The van der Waals surface area contributed by atoms with Crippen LogP contribution in [0.4, 0.5) is 5.82 Å². The zero-order valence-corrected chi connectivity index (χ0v) is 18.8. The molecule has 2 aromatic rings. The minimum atomic E-state index is -0.185. The van der Waals surface area contributed by atoms with Gasteiger partial charge in [-0.2, -0.15) is 0 Å². The fourth-order valence-electron chi connectivity index (χ4n) is 3.16. The van der Waals surface area contributed by atoms with Gasteiger partial charge in [-0.15, -0.1) is 0 Å². The van der Waals surface area contributed by atoms with Gasteiger partial charge in [-0.05, 0) is 59.3 Å². The van der Waals surface area contributed by atoms with Crippen molar-refractivity contribution in [2.24, 2.45) is 0 Å². The van der Waals surface area contributed by atoms with E-state index in [4.69, 9.17) is 21.1 Å². The number of imidazole rings is 1. The molecule has 1 aliphatic rings. The molecule has 1 unspecified atom stereocenters. The average Bonchev–Trinajstić information content (AvgIpc) is 3.05. The molecule has 158 valence electrons. The largest absolute Gasteiger partial charge is 0.371 e. The predicted octanol–water partition coefficient (Wildman–Crippen LogP) is 4.05. The van der Waals surface area contributed by atoms with Crippen LogP contribution in [0.2, 0.25) is 5.02 Å². The first kappa shape index (κ1) is 22.1. The molecular weight excluding hydrogens is 460 g/mol. The van der Waals surface area contributed by atoms with Gasteiger partial charge in [-0.3, -0.25) is 4.79 Å². The molecule has 7 nitrogen and oxygen atoms in total. The SMILES string of the molecule is CNc1nc(Br)n(Cc2ccc(Cl)cc2)c1C(=O)NCCCOC1CCCCO1. The van der Waals surface area contributed by atoms with Gasteiger partial charge in [-0.1, -0.05) is 23.7 Å². The third kappa shape index (κ3) is 6.18. The molecule has 0 saturated carbocycles. The molecule has 1 aliphatic heterocycles. The Balaban J connectivity index is 1.57. The highest BCUT2D eigenvalue weighted by molar-refractivity contribution is 9.10. The van der Waals surface area contributed by atoms with Crippen LogP contribution in [-0.4, -0.2) is 48.6 Å². The first-order valence-corrected chi connectivity index (χ1v) is 10.9. The summed E-state index contributed by atoms with van der Waals surface area (Å²) in [5, 5.41) is 6.62. The fraction of sp³-hybridized carbons (Fsp3) is 0.500. The number of halogens is 2. The molecular formula is C20H26BrClN4O3. The lowest BCUT2D eigenvalue weighted by atomic mass is 10.2. The van der Waals surface area contributed by atoms with Gasteiger partial charge in [-0.25, -0.2) is 4.98 Å². The molecule has 1 saturated heterocycles. The summed E-state index contributed by atoms with van der Waals surface area (Å²) in [5.74, 6) is 0.339. The molecule has 2 heterocycles. The third-order valence-electron chi connectivity index (χ3n) is 4.68. The van der Waals surface area contributed by atoms with Crippen molar-refractivity contribution < 1.29 is 14.3 Å². The van der Waals surface area contributed by atoms with E-state index in [1.807, 2.05) is 28.8 Å². The number of ether oxygens (including phenoxy) is 2. The number of hydrogen-bond donors (Lipinski definition) is 2. The molecule has 1 aromatic carbocycles. The highest BCUT2D eigenvalue weighted by Crippen LogP contribution is 2.23. The van der Waals surface area contributed by atoms with Crippen molar-refractivity contribution in [3.05, 3.63) is 45.3 Å². The van der Waals surface area contributed by atoms with Crippen LogP contribution < -0.4 is 10.6 Å². The predicted molar refractivity (Wildman–Crippen MR) is 117 cm³/mol. The molecule has 1 amide bonds. The van der Waals surface area contributed by atoms with Crippen LogP contribution in [0.1, 0.15) is 41.7 Å². The van der Waals surface area contributed by atoms with E-state index in [0.717, 1.165) is 31.4 Å². The molecule has 0 radical (unpaired) electrons. The number of aromatic nitrogens is 2. The maximum absolute atomic E-state index is 12.8. The number of amides is 1. The number of anilines is 1. The van der Waals surface area contributed by atoms with Gasteiger partial charge in [0.1, 0.15) is 0 Å². The van der Waals surface area contributed by atoms with Gasteiger partial charge in [0.25, 0.3) is 5.91 Å². The molecule has 0 aliphatic carbocycles. The van der Waals surface area contributed by atoms with Crippen LogP contribution in [0.5, 0.6) is 0 Å². The van der Waals surface area contributed by atoms with Crippen molar-refractivity contribution in [3.63, 3.8) is 0 Å². The lowest BCUT2D eigenvalue weighted by molar-refractivity contribution is -0.162. The van der Waals surface area contributed by atoms with E-state index in [-0.39, 0.29) is 12.2 Å². The summed E-state index contributed by atoms with van der Waals surface area (Å²) in [4.78, 5) is 17.3. The summed E-state index contributed by atoms with van der Waals surface area (Å²) in [6.07, 6.45) is 3.79. The molecule has 1 fully saturated rings. The Morgan fingerprint density at radius 1 is 1.38 bits per heavy atom. The summed E-state index contributed by atoms with van der Waals surface area (Å²) in [7, 11) is 1.75. The Hall–Kier alpha value is -1.61. The zero-order chi connectivity index (χ0) is 20.6. The van der Waals surface area contributed by atoms with Crippen molar-refractivity contribution in [2.45, 2.75) is 38.5 Å². The Kier molecular flexibility index (Phi) is 8.35. The van der Waals surface area contributed by atoms with Crippen LogP contribution in [-0.2, 0) is 16.0 Å². The van der Waals surface area contributed by atoms with Crippen LogP contribution in [0.15, 0.2) is 29.0 Å². The van der Waals surface area contributed by atoms with Gasteiger partial charge >= 0.3 is 0 Å². The topological polar surface area (TPSA) is 77.4 Å². The highest BCUT2D eigenvalue weighted by Gasteiger charge is 2.21. The number of hydrogen-bond acceptors (Lipinski definition) is 5. The standard InChI is InChI=1S/C20H26BrClN4O3/c1-23-18-17(19(27)24-10-4-12-29-16-5-2-3-11-28-16)26(20(21)25-18)13-14-6-8-15(22)9-7-14/h6-9,16,23H,2-5,10-13H2,1H3,(H,24,27). The minimum Gasteiger partial charge on any atom is -0.371 e. The van der Waals surface area contributed by atoms with Gasteiger partial charge in [0.05, 0.1) is 13.2 Å². The molecule has 1 aromatic heterocycles. The third-order valence-corrected chi connectivity index (χ3v) is 5.53. The summed E-state index contributed by atoms with van der Waals surface area (Å²) in [6.45, 7) is 2.33. The molecule has 0 spiro atoms. The van der Waals surface area contributed by atoms with Crippen LogP contribution >= 0.6 is 27.5 Å². The van der Waals surface area contributed by atoms with Crippen LogP contribution in [0, 0.1) is 0 Å². The number of nitrogens with zero attached hydrogens (tertiary/aromatic N) is 2. The number of nitrogens with one attached hydrogen (secondary N) is 2. The van der Waals surface area contributed by atoms with Gasteiger partial charge in [0, 0.05) is 25.2 Å². The molecule has 1 atom stereocenters. The molecule has 0 bridgehead atoms. The van der Waals surface area contributed by atoms with E-state index in [1.54, 1.807) is 7.05 Å². The van der Waals surface area contributed by atoms with Crippen molar-refractivity contribution in [3.8, 4) is 0 Å². The van der Waals surface area contributed by atoms with Crippen LogP contribution in [0.25, 0.3) is 0 Å². The van der Waals surface area contributed by atoms with Gasteiger partial charge in [0.2, 0.25) is 0 Å². The van der Waals surface area contributed by atoms with Crippen molar-refractivity contribution in [1.82, 2.24) is 14.9 Å².